The fourth-order valence-electron chi connectivity index (χ4n) is 3.87. The average Bonchev–Trinajstić information content (AvgIpc) is 2.69. The first-order valence-electron chi connectivity index (χ1n) is 9.80. The minimum absolute atomic E-state index is 0.105. The van der Waals surface area contributed by atoms with Crippen LogP contribution in [0.15, 0.2) is 47.0 Å². The van der Waals surface area contributed by atoms with Gasteiger partial charge in [-0.15, -0.1) is 0 Å². The van der Waals surface area contributed by atoms with E-state index in [1.807, 2.05) is 64.1 Å². The lowest BCUT2D eigenvalue weighted by Crippen LogP contribution is -2.31. The van der Waals surface area contributed by atoms with Crippen LogP contribution in [-0.2, 0) is 9.59 Å². The van der Waals surface area contributed by atoms with Crippen LogP contribution in [0, 0.1) is 39.0 Å². The van der Waals surface area contributed by atoms with Gasteiger partial charge in [0.05, 0.1) is 22.4 Å². The maximum Gasteiger partial charge on any atom is 0.234 e. The fourth-order valence-corrected chi connectivity index (χ4v) is 4.74. The van der Waals surface area contributed by atoms with Gasteiger partial charge in [0.25, 0.3) is 0 Å². The summed E-state index contributed by atoms with van der Waals surface area (Å²) in [5.41, 5.74) is 6.49. The lowest BCUT2D eigenvalue weighted by Gasteiger charge is -2.26. The Morgan fingerprint density at radius 1 is 1.17 bits per heavy atom. The van der Waals surface area contributed by atoms with Crippen LogP contribution in [0.25, 0.3) is 0 Å². The van der Waals surface area contributed by atoms with E-state index in [9.17, 15) is 14.9 Å². The van der Waals surface area contributed by atoms with Crippen molar-refractivity contribution in [3.8, 4) is 6.07 Å². The van der Waals surface area contributed by atoms with E-state index in [-0.39, 0.29) is 29.9 Å². The van der Waals surface area contributed by atoms with Crippen LogP contribution in [0.4, 0.5) is 5.69 Å². The number of nitriles is 1. The Balaban J connectivity index is 1.79. The molecular formula is C24H25N3O2S. The van der Waals surface area contributed by atoms with Gasteiger partial charge in [0, 0.05) is 18.0 Å². The molecule has 30 heavy (non-hydrogen) atoms. The monoisotopic (exact) mass is 419 g/mol. The quantitative estimate of drug-likeness (QED) is 0.740. The number of rotatable bonds is 5. The molecule has 0 fully saturated rings. The number of benzene rings is 2. The molecule has 154 valence electrons. The standard InChI is InChI=1S/C24H25N3O2S/c1-14-9-16(3)23(17(4)10-14)26-22(29)13-30-24-20(12-25)19(11-21(28)27-24)18-8-6-5-7-15(18)2/h5-10,19H,11,13H2,1-4H3,(H,26,29)(H,27,28). The summed E-state index contributed by atoms with van der Waals surface area (Å²) in [5.74, 6) is -0.506. The Kier molecular flexibility index (Phi) is 6.63. The van der Waals surface area contributed by atoms with Gasteiger partial charge >= 0.3 is 0 Å². The Hall–Kier alpha value is -3.04. The normalized spacial score (nSPS) is 16.1. The highest BCUT2D eigenvalue weighted by molar-refractivity contribution is 8.03. The number of carbonyl (C=O) groups excluding carboxylic acids is 2. The second-order valence-corrected chi connectivity index (χ2v) is 8.61. The van der Waals surface area contributed by atoms with E-state index in [2.05, 4.69) is 16.7 Å². The van der Waals surface area contributed by atoms with E-state index in [4.69, 9.17) is 0 Å². The van der Waals surface area contributed by atoms with E-state index in [1.54, 1.807) is 0 Å². The van der Waals surface area contributed by atoms with Gasteiger partial charge in [0.15, 0.2) is 0 Å². The number of thioether (sulfide) groups is 1. The molecule has 0 saturated carbocycles. The highest BCUT2D eigenvalue weighted by atomic mass is 32.2. The SMILES string of the molecule is Cc1cc(C)c(NC(=O)CSC2=C(C#N)C(c3ccccc3C)CC(=O)N2)c(C)c1. The molecule has 2 amide bonds. The summed E-state index contributed by atoms with van der Waals surface area (Å²) in [6.07, 6.45) is 0.228. The summed E-state index contributed by atoms with van der Waals surface area (Å²) in [5, 5.41) is 16.0. The maximum atomic E-state index is 12.6. The molecule has 2 aromatic rings. The smallest absolute Gasteiger partial charge is 0.234 e. The molecule has 0 aromatic heterocycles. The third kappa shape index (κ3) is 4.74. The Bertz CT molecular complexity index is 1060. The average molecular weight is 420 g/mol. The Labute approximate surface area is 181 Å². The maximum absolute atomic E-state index is 12.6. The van der Waals surface area contributed by atoms with Crippen LogP contribution in [0.2, 0.25) is 0 Å². The summed E-state index contributed by atoms with van der Waals surface area (Å²) in [6.45, 7) is 7.93. The molecule has 1 unspecified atom stereocenters. The van der Waals surface area contributed by atoms with Gasteiger partial charge < -0.3 is 10.6 Å². The van der Waals surface area contributed by atoms with Crippen molar-refractivity contribution in [2.45, 2.75) is 40.0 Å². The van der Waals surface area contributed by atoms with Crippen molar-refractivity contribution < 1.29 is 9.59 Å². The van der Waals surface area contributed by atoms with Gasteiger partial charge in [-0.05, 0) is 49.9 Å². The van der Waals surface area contributed by atoms with Crippen LogP contribution in [0.5, 0.6) is 0 Å². The van der Waals surface area contributed by atoms with Crippen molar-refractivity contribution in [1.29, 1.82) is 5.26 Å². The third-order valence-corrected chi connectivity index (χ3v) is 6.23. The molecule has 2 N–H and O–H groups in total. The van der Waals surface area contributed by atoms with Crippen molar-refractivity contribution in [1.82, 2.24) is 5.32 Å². The van der Waals surface area contributed by atoms with E-state index in [0.29, 0.717) is 10.6 Å². The van der Waals surface area contributed by atoms with E-state index in [1.165, 1.54) is 11.8 Å². The molecular weight excluding hydrogens is 394 g/mol. The predicted molar refractivity (Wildman–Crippen MR) is 121 cm³/mol. The fraction of sp³-hybridized carbons (Fsp3) is 0.292. The van der Waals surface area contributed by atoms with E-state index < -0.39 is 0 Å². The molecule has 1 aliphatic rings. The molecule has 3 rings (SSSR count). The van der Waals surface area contributed by atoms with Crippen LogP contribution in [0.1, 0.15) is 40.2 Å². The van der Waals surface area contributed by atoms with Crippen molar-refractivity contribution in [3.63, 3.8) is 0 Å². The highest BCUT2D eigenvalue weighted by Crippen LogP contribution is 2.37. The van der Waals surface area contributed by atoms with E-state index in [0.717, 1.165) is 33.5 Å². The summed E-state index contributed by atoms with van der Waals surface area (Å²) in [4.78, 5) is 24.9. The number of allylic oxidation sites excluding steroid dienone is 1. The van der Waals surface area contributed by atoms with Gasteiger partial charge in [0.2, 0.25) is 11.8 Å². The molecule has 0 aliphatic carbocycles. The molecule has 2 aromatic carbocycles. The number of hydrogen-bond donors (Lipinski definition) is 2. The van der Waals surface area contributed by atoms with Crippen LogP contribution >= 0.6 is 11.8 Å². The second-order valence-electron chi connectivity index (χ2n) is 7.63. The van der Waals surface area contributed by atoms with Crippen LogP contribution in [0.3, 0.4) is 0 Å². The lowest BCUT2D eigenvalue weighted by atomic mass is 9.85. The zero-order valence-corrected chi connectivity index (χ0v) is 18.4. The zero-order valence-electron chi connectivity index (χ0n) is 17.6. The predicted octanol–water partition coefficient (Wildman–Crippen LogP) is 4.63. The molecule has 5 nitrogen and oxygen atoms in total. The first-order valence-corrected chi connectivity index (χ1v) is 10.8. The molecule has 6 heteroatoms. The summed E-state index contributed by atoms with van der Waals surface area (Å²) in [7, 11) is 0. The number of nitrogens with zero attached hydrogens (tertiary/aromatic N) is 1. The first kappa shape index (κ1) is 21.7. The summed E-state index contributed by atoms with van der Waals surface area (Å²) in [6, 6.07) is 14.1. The molecule has 0 spiro atoms. The number of aryl methyl sites for hydroxylation is 4. The Morgan fingerprint density at radius 2 is 1.83 bits per heavy atom. The Morgan fingerprint density at radius 3 is 2.47 bits per heavy atom. The van der Waals surface area contributed by atoms with Gasteiger partial charge in [-0.2, -0.15) is 5.26 Å². The van der Waals surface area contributed by atoms with Gasteiger partial charge in [-0.1, -0.05) is 53.7 Å². The number of carbonyl (C=O) groups is 2. The van der Waals surface area contributed by atoms with Crippen molar-refractivity contribution in [2.75, 3.05) is 11.1 Å². The molecule has 1 heterocycles. The van der Waals surface area contributed by atoms with Crippen LogP contribution < -0.4 is 10.6 Å². The molecule has 1 atom stereocenters. The van der Waals surface area contributed by atoms with E-state index >= 15 is 0 Å². The number of amides is 2. The summed E-state index contributed by atoms with van der Waals surface area (Å²) < 4.78 is 0. The summed E-state index contributed by atoms with van der Waals surface area (Å²) >= 11 is 1.19. The van der Waals surface area contributed by atoms with Gasteiger partial charge in [-0.25, -0.2) is 0 Å². The molecule has 1 aliphatic heterocycles. The molecule has 0 bridgehead atoms. The first-order chi connectivity index (χ1) is 14.3. The van der Waals surface area contributed by atoms with Crippen LogP contribution in [-0.4, -0.2) is 17.6 Å². The highest BCUT2D eigenvalue weighted by Gasteiger charge is 2.30. The molecule has 0 saturated heterocycles. The minimum Gasteiger partial charge on any atom is -0.325 e. The van der Waals surface area contributed by atoms with Crippen molar-refractivity contribution >= 4 is 29.3 Å². The number of nitrogens with one attached hydrogen (secondary N) is 2. The third-order valence-electron chi connectivity index (χ3n) is 5.21. The second kappa shape index (κ2) is 9.19. The number of anilines is 1. The lowest BCUT2D eigenvalue weighted by molar-refractivity contribution is -0.121. The van der Waals surface area contributed by atoms with Crippen molar-refractivity contribution in [2.24, 2.45) is 0 Å². The largest absolute Gasteiger partial charge is 0.325 e. The van der Waals surface area contributed by atoms with Gasteiger partial charge in [0.1, 0.15) is 0 Å². The topological polar surface area (TPSA) is 82.0 Å². The molecule has 0 radical (unpaired) electrons. The number of hydrogen-bond acceptors (Lipinski definition) is 4. The minimum atomic E-state index is -0.294. The van der Waals surface area contributed by atoms with Gasteiger partial charge in [-0.3, -0.25) is 9.59 Å². The zero-order chi connectivity index (χ0) is 21.8. The van der Waals surface area contributed by atoms with Crippen molar-refractivity contribution in [3.05, 3.63) is 74.8 Å².